The highest BCUT2D eigenvalue weighted by molar-refractivity contribution is 7.99. The molecule has 1 unspecified atom stereocenters. The average molecular weight is 580 g/mol. The van der Waals surface area contributed by atoms with E-state index >= 15 is 0 Å². The minimum absolute atomic E-state index is 0.0691. The number of aliphatic carboxylic acids is 2. The van der Waals surface area contributed by atoms with Crippen molar-refractivity contribution in [3.05, 3.63) is 0 Å². The van der Waals surface area contributed by atoms with E-state index in [0.717, 1.165) is 38.8 Å². The highest BCUT2D eigenvalue weighted by Gasteiger charge is 2.39. The zero-order valence-corrected chi connectivity index (χ0v) is 20.7. The summed E-state index contributed by atoms with van der Waals surface area (Å²) in [6.45, 7) is 2.43. The van der Waals surface area contributed by atoms with Crippen LogP contribution in [0.3, 0.4) is 0 Å². The number of nitrogens with two attached hydrogens (primary N) is 1. The first-order valence-corrected chi connectivity index (χ1v) is 12.3. The predicted molar refractivity (Wildman–Crippen MR) is 119 cm³/mol. The largest absolute Gasteiger partial charge is 0.490 e. The number of hydrazine groups is 1. The molecule has 216 valence electrons. The number of nitrogens with zero attached hydrogens (tertiary/aromatic N) is 4. The first-order chi connectivity index (χ1) is 17.5. The van der Waals surface area contributed by atoms with Gasteiger partial charge in [0.2, 0.25) is 5.91 Å². The predicted octanol–water partition coefficient (Wildman–Crippen LogP) is 1.30. The van der Waals surface area contributed by atoms with Crippen molar-refractivity contribution in [1.29, 1.82) is 5.26 Å². The maximum absolute atomic E-state index is 12.3. The molecule has 3 aliphatic rings. The Morgan fingerprint density at radius 2 is 1.45 bits per heavy atom. The monoisotopic (exact) mass is 579 g/mol. The van der Waals surface area contributed by atoms with Crippen LogP contribution in [0, 0.1) is 17.2 Å². The number of carbonyl (C=O) groups excluding carboxylic acids is 2. The third kappa shape index (κ3) is 11.8. The summed E-state index contributed by atoms with van der Waals surface area (Å²) in [6, 6.07) is 2.01. The van der Waals surface area contributed by atoms with Crippen LogP contribution in [0.25, 0.3) is 0 Å². The number of piperidine rings is 1. The molecule has 1 amide bonds. The van der Waals surface area contributed by atoms with E-state index in [0.29, 0.717) is 29.9 Å². The molecule has 2 aliphatic heterocycles. The van der Waals surface area contributed by atoms with E-state index in [2.05, 4.69) is 11.0 Å². The van der Waals surface area contributed by atoms with E-state index < -0.39 is 24.3 Å². The maximum atomic E-state index is 12.3. The van der Waals surface area contributed by atoms with Gasteiger partial charge in [-0.25, -0.2) is 14.6 Å². The second-order valence-electron chi connectivity index (χ2n) is 8.53. The molecule has 0 aromatic rings. The molecule has 0 aromatic heterocycles. The van der Waals surface area contributed by atoms with Crippen LogP contribution in [-0.2, 0) is 19.2 Å². The Labute approximate surface area is 217 Å². The van der Waals surface area contributed by atoms with Crippen molar-refractivity contribution < 1.29 is 55.7 Å². The molecular weight excluding hydrogens is 552 g/mol. The van der Waals surface area contributed by atoms with Crippen molar-refractivity contribution in [3.63, 3.8) is 0 Å². The summed E-state index contributed by atoms with van der Waals surface area (Å²) in [4.78, 5) is 45.8. The summed E-state index contributed by atoms with van der Waals surface area (Å²) in [6.07, 6.45) is -6.30. The number of hydrogen-bond donors (Lipinski definition) is 3. The van der Waals surface area contributed by atoms with Gasteiger partial charge < -0.3 is 15.1 Å². The number of thioether (sulfide) groups is 1. The fourth-order valence-corrected chi connectivity index (χ4v) is 4.44. The molecule has 2 saturated heterocycles. The van der Waals surface area contributed by atoms with E-state index in [1.807, 2.05) is 0 Å². The number of carboxylic acids is 2. The van der Waals surface area contributed by atoms with Gasteiger partial charge in [-0.2, -0.15) is 31.6 Å². The number of ketones is 1. The van der Waals surface area contributed by atoms with Gasteiger partial charge in [0.1, 0.15) is 11.8 Å². The number of hydrogen-bond acceptors (Lipinski definition) is 9. The minimum Gasteiger partial charge on any atom is -0.475 e. The number of carboxylic acid groups (broad SMARTS) is 2. The minimum atomic E-state index is -5.08. The summed E-state index contributed by atoms with van der Waals surface area (Å²) in [5.74, 6) is 2.49. The molecule has 38 heavy (non-hydrogen) atoms. The Bertz CT molecular complexity index is 863. The molecule has 3 fully saturated rings. The SMILES string of the molecule is N#CC1CSCN1C(=O)CN(N)C1CCN(CC(=O)C2CC2)CC1.O=C(O)C(F)(F)F.O=C(O)C(F)(F)F. The van der Waals surface area contributed by atoms with E-state index in [4.69, 9.17) is 30.9 Å². The van der Waals surface area contributed by atoms with Crippen molar-refractivity contribution in [2.75, 3.05) is 37.8 Å². The van der Waals surface area contributed by atoms with Crippen LogP contribution in [0.1, 0.15) is 25.7 Å². The third-order valence-electron chi connectivity index (χ3n) is 5.59. The normalized spacial score (nSPS) is 20.5. The summed E-state index contributed by atoms with van der Waals surface area (Å²) >= 11 is 1.60. The van der Waals surface area contributed by atoms with Crippen LogP contribution < -0.4 is 5.84 Å². The highest BCUT2D eigenvalue weighted by Crippen LogP contribution is 2.30. The van der Waals surface area contributed by atoms with Gasteiger partial charge in [0.25, 0.3) is 0 Å². The smallest absolute Gasteiger partial charge is 0.475 e. The third-order valence-corrected chi connectivity index (χ3v) is 6.60. The number of rotatable bonds is 6. The molecule has 0 radical (unpaired) electrons. The zero-order chi connectivity index (χ0) is 29.3. The van der Waals surface area contributed by atoms with Crippen LogP contribution in [0.2, 0.25) is 0 Å². The second-order valence-corrected chi connectivity index (χ2v) is 9.53. The summed E-state index contributed by atoms with van der Waals surface area (Å²) in [5, 5.41) is 25.0. The summed E-state index contributed by atoms with van der Waals surface area (Å²) in [7, 11) is 0. The van der Waals surface area contributed by atoms with E-state index in [1.165, 1.54) is 0 Å². The lowest BCUT2D eigenvalue weighted by Crippen LogP contribution is -2.53. The standard InChI is InChI=1S/C16H25N5O2S.2C2HF3O2/c17-7-14-10-24-11-20(14)16(23)9-21(18)13-3-5-19(6-4-13)8-15(22)12-1-2-12;2*3-2(4,5)1(6)7/h12-14H,1-6,8-11,18H2;2*(H,6,7). The van der Waals surface area contributed by atoms with Gasteiger partial charge in [0.05, 0.1) is 25.0 Å². The summed E-state index contributed by atoms with van der Waals surface area (Å²) < 4.78 is 63.5. The Morgan fingerprint density at radius 3 is 1.84 bits per heavy atom. The first-order valence-electron chi connectivity index (χ1n) is 11.1. The molecule has 1 atom stereocenters. The maximum Gasteiger partial charge on any atom is 0.490 e. The van der Waals surface area contributed by atoms with Crippen molar-refractivity contribution in [3.8, 4) is 6.07 Å². The molecule has 0 bridgehead atoms. The lowest BCUT2D eigenvalue weighted by Gasteiger charge is -2.36. The average Bonchev–Trinajstić information content (AvgIpc) is 3.56. The second kappa shape index (κ2) is 14.5. The Balaban J connectivity index is 0.000000426. The molecule has 3 rings (SSSR count). The number of likely N-dealkylation sites (tertiary alicyclic amines) is 1. The van der Waals surface area contributed by atoms with Gasteiger partial charge in [0, 0.05) is 30.8 Å². The fourth-order valence-electron chi connectivity index (χ4n) is 3.34. The Hall–Kier alpha value is -2.62. The first kappa shape index (κ1) is 33.4. The Morgan fingerprint density at radius 1 is 0.974 bits per heavy atom. The number of amides is 1. The molecule has 1 aliphatic carbocycles. The number of halogens is 6. The van der Waals surface area contributed by atoms with Crippen molar-refractivity contribution in [2.24, 2.45) is 11.8 Å². The van der Waals surface area contributed by atoms with Crippen LogP contribution in [0.4, 0.5) is 26.3 Å². The molecular formula is C20H27F6N5O6S. The van der Waals surface area contributed by atoms with Crippen LogP contribution in [0.15, 0.2) is 0 Å². The Kier molecular flexibility index (Phi) is 12.8. The molecule has 0 aromatic carbocycles. The van der Waals surface area contributed by atoms with E-state index in [-0.39, 0.29) is 24.5 Å². The number of Topliss-reactive ketones (excluding diaryl/α,β-unsaturated/α-hetero) is 1. The lowest BCUT2D eigenvalue weighted by atomic mass is 10.0. The summed E-state index contributed by atoms with van der Waals surface area (Å²) in [5.41, 5.74) is 0. The van der Waals surface area contributed by atoms with Crippen molar-refractivity contribution in [2.45, 2.75) is 50.1 Å². The molecule has 2 heterocycles. The fraction of sp³-hybridized carbons (Fsp3) is 0.750. The molecule has 11 nitrogen and oxygen atoms in total. The van der Waals surface area contributed by atoms with Crippen molar-refractivity contribution >= 4 is 35.4 Å². The van der Waals surface area contributed by atoms with Gasteiger partial charge >= 0.3 is 24.3 Å². The number of nitriles is 1. The van der Waals surface area contributed by atoms with Crippen LogP contribution in [0.5, 0.6) is 0 Å². The van der Waals surface area contributed by atoms with Crippen LogP contribution in [-0.4, -0.2) is 111 Å². The van der Waals surface area contributed by atoms with Gasteiger partial charge in [-0.3, -0.25) is 20.3 Å². The van der Waals surface area contributed by atoms with Gasteiger partial charge in [0.15, 0.2) is 0 Å². The van der Waals surface area contributed by atoms with Gasteiger partial charge in [-0.15, -0.1) is 11.8 Å². The van der Waals surface area contributed by atoms with Crippen molar-refractivity contribution in [1.82, 2.24) is 14.8 Å². The van der Waals surface area contributed by atoms with Gasteiger partial charge in [-0.05, 0) is 25.7 Å². The molecule has 18 heteroatoms. The zero-order valence-electron chi connectivity index (χ0n) is 19.9. The topological polar surface area (TPSA) is 168 Å². The number of carbonyl (C=O) groups is 4. The highest BCUT2D eigenvalue weighted by atomic mass is 32.2. The van der Waals surface area contributed by atoms with Gasteiger partial charge in [-0.1, -0.05) is 0 Å². The quantitative estimate of drug-likeness (QED) is 0.236. The lowest BCUT2D eigenvalue weighted by molar-refractivity contribution is -0.193. The molecule has 0 spiro atoms. The van der Waals surface area contributed by atoms with E-state index in [9.17, 15) is 35.9 Å². The molecule has 1 saturated carbocycles. The van der Waals surface area contributed by atoms with E-state index in [1.54, 1.807) is 21.7 Å². The van der Waals surface area contributed by atoms with Crippen LogP contribution >= 0.6 is 11.8 Å². The number of alkyl halides is 6. The molecule has 4 N–H and O–H groups in total.